The molecule has 3 heteroatoms. The van der Waals surface area contributed by atoms with E-state index in [4.69, 9.17) is 11.6 Å². The second kappa shape index (κ2) is 2.88. The fourth-order valence-corrected chi connectivity index (χ4v) is 0.952. The zero-order chi connectivity index (χ0) is 7.56. The van der Waals surface area contributed by atoms with Crippen LogP contribution in [0.25, 0.3) is 0 Å². The largest absolute Gasteiger partial charge is 0.320 e. The summed E-state index contributed by atoms with van der Waals surface area (Å²) in [5.74, 6) is 0.0619. The molecule has 0 N–H and O–H groups in total. The Labute approximate surface area is 64.8 Å². The van der Waals surface area contributed by atoms with Gasteiger partial charge in [-0.1, -0.05) is 17.7 Å². The van der Waals surface area contributed by atoms with Crippen LogP contribution < -0.4 is 0 Å². The van der Waals surface area contributed by atoms with Crippen molar-refractivity contribution in [1.82, 2.24) is 4.90 Å². The van der Waals surface area contributed by atoms with Gasteiger partial charge in [0.2, 0.25) is 5.91 Å². The summed E-state index contributed by atoms with van der Waals surface area (Å²) in [6.45, 7) is 0. The molecule has 10 heavy (non-hydrogen) atoms. The fraction of sp³-hybridized carbons (Fsp3) is 0.286. The number of hydrogen-bond donors (Lipinski definition) is 0. The molecule has 1 amide bonds. The van der Waals surface area contributed by atoms with Crippen molar-refractivity contribution in [2.75, 3.05) is 7.05 Å². The minimum absolute atomic E-state index is 0.0619. The predicted octanol–water partition coefficient (Wildman–Crippen LogP) is 1.48. The Balaban J connectivity index is 2.81. The Hall–Kier alpha value is -0.760. The highest BCUT2D eigenvalue weighted by Crippen LogP contribution is 2.10. The van der Waals surface area contributed by atoms with Crippen molar-refractivity contribution in [2.24, 2.45) is 0 Å². The second-order valence-electron chi connectivity index (χ2n) is 2.13. The highest BCUT2D eigenvalue weighted by molar-refractivity contribution is 6.31. The maximum Gasteiger partial charge on any atom is 0.230 e. The van der Waals surface area contributed by atoms with E-state index in [-0.39, 0.29) is 5.91 Å². The maximum absolute atomic E-state index is 10.9. The molecule has 0 aromatic rings. The Kier molecular flexibility index (Phi) is 2.12. The monoisotopic (exact) mass is 157 g/mol. The molecule has 1 aliphatic rings. The van der Waals surface area contributed by atoms with E-state index in [1.54, 1.807) is 25.4 Å². The molecule has 0 saturated carbocycles. The number of rotatable bonds is 0. The molecule has 0 fully saturated rings. The molecule has 0 spiro atoms. The van der Waals surface area contributed by atoms with Gasteiger partial charge in [0.05, 0.1) is 5.03 Å². The van der Waals surface area contributed by atoms with Crippen molar-refractivity contribution in [1.29, 1.82) is 0 Å². The Morgan fingerprint density at radius 3 is 3.10 bits per heavy atom. The number of carbonyl (C=O) groups is 1. The normalized spacial score (nSPS) is 18.8. The van der Waals surface area contributed by atoms with E-state index in [9.17, 15) is 4.79 Å². The van der Waals surface area contributed by atoms with E-state index < -0.39 is 0 Å². The summed E-state index contributed by atoms with van der Waals surface area (Å²) in [4.78, 5) is 12.4. The average Bonchev–Trinajstić information content (AvgIpc) is 1.96. The summed E-state index contributed by atoms with van der Waals surface area (Å²) in [6, 6.07) is 0. The molecule has 2 nitrogen and oxygen atoms in total. The topological polar surface area (TPSA) is 20.3 Å². The molecule has 54 valence electrons. The Bertz CT molecular complexity index is 208. The minimum atomic E-state index is 0.0619. The molecule has 0 unspecified atom stereocenters. The summed E-state index contributed by atoms with van der Waals surface area (Å²) in [6.07, 6.45) is 5.52. The molecule has 0 aromatic carbocycles. The molecule has 1 aliphatic heterocycles. The van der Waals surface area contributed by atoms with E-state index in [2.05, 4.69) is 0 Å². The van der Waals surface area contributed by atoms with E-state index in [1.165, 1.54) is 4.90 Å². The third-order valence-electron chi connectivity index (χ3n) is 1.28. The third-order valence-corrected chi connectivity index (χ3v) is 1.50. The molecule has 1 heterocycles. The van der Waals surface area contributed by atoms with E-state index >= 15 is 0 Å². The van der Waals surface area contributed by atoms with Crippen LogP contribution in [0.1, 0.15) is 6.42 Å². The summed E-state index contributed by atoms with van der Waals surface area (Å²) >= 11 is 5.66. The summed E-state index contributed by atoms with van der Waals surface area (Å²) in [7, 11) is 1.69. The lowest BCUT2D eigenvalue weighted by Crippen LogP contribution is -2.18. The fourth-order valence-electron chi connectivity index (χ4n) is 0.716. The highest BCUT2D eigenvalue weighted by Gasteiger charge is 2.06. The molecule has 0 radical (unpaired) electrons. The first-order chi connectivity index (χ1) is 4.70. The van der Waals surface area contributed by atoms with E-state index in [0.29, 0.717) is 11.5 Å². The first-order valence-electron chi connectivity index (χ1n) is 2.99. The number of allylic oxidation sites excluding steroid dienone is 2. The van der Waals surface area contributed by atoms with Gasteiger partial charge < -0.3 is 4.90 Å². The van der Waals surface area contributed by atoms with Gasteiger partial charge >= 0.3 is 0 Å². The van der Waals surface area contributed by atoms with Gasteiger partial charge in [-0.05, 0) is 6.08 Å². The minimum Gasteiger partial charge on any atom is -0.320 e. The number of nitrogens with zero attached hydrogens (tertiary/aromatic N) is 1. The van der Waals surface area contributed by atoms with Gasteiger partial charge in [0.15, 0.2) is 0 Å². The van der Waals surface area contributed by atoms with Crippen LogP contribution in [0.2, 0.25) is 0 Å². The maximum atomic E-state index is 10.9. The zero-order valence-electron chi connectivity index (χ0n) is 5.67. The van der Waals surface area contributed by atoms with Crippen LogP contribution in [0.5, 0.6) is 0 Å². The first-order valence-corrected chi connectivity index (χ1v) is 3.37. The van der Waals surface area contributed by atoms with Crippen molar-refractivity contribution < 1.29 is 4.79 Å². The molecular weight excluding hydrogens is 150 g/mol. The van der Waals surface area contributed by atoms with Gasteiger partial charge in [0.25, 0.3) is 0 Å². The number of amides is 1. The summed E-state index contributed by atoms with van der Waals surface area (Å²) in [5, 5.41) is 0.591. The van der Waals surface area contributed by atoms with Crippen molar-refractivity contribution >= 4 is 17.5 Å². The third kappa shape index (κ3) is 1.61. The van der Waals surface area contributed by atoms with Crippen molar-refractivity contribution in [3.63, 3.8) is 0 Å². The number of hydrogen-bond acceptors (Lipinski definition) is 1. The van der Waals surface area contributed by atoms with Crippen LogP contribution >= 0.6 is 11.6 Å². The Morgan fingerprint density at radius 2 is 2.40 bits per heavy atom. The Morgan fingerprint density at radius 1 is 1.70 bits per heavy atom. The summed E-state index contributed by atoms with van der Waals surface area (Å²) < 4.78 is 0. The van der Waals surface area contributed by atoms with E-state index in [0.717, 1.165) is 0 Å². The van der Waals surface area contributed by atoms with Gasteiger partial charge in [0, 0.05) is 19.7 Å². The molecule has 0 saturated heterocycles. The second-order valence-corrected chi connectivity index (χ2v) is 2.56. The van der Waals surface area contributed by atoms with Crippen molar-refractivity contribution in [3.05, 3.63) is 23.4 Å². The first kappa shape index (κ1) is 7.35. The lowest BCUT2D eigenvalue weighted by Gasteiger charge is -2.07. The highest BCUT2D eigenvalue weighted by atomic mass is 35.5. The van der Waals surface area contributed by atoms with Gasteiger partial charge in [0.1, 0.15) is 0 Å². The molecule has 0 aromatic heterocycles. The zero-order valence-corrected chi connectivity index (χ0v) is 6.43. The molecule has 1 rings (SSSR count). The van der Waals surface area contributed by atoms with Crippen LogP contribution in [0.4, 0.5) is 0 Å². The molecular formula is C7H8ClNO. The van der Waals surface area contributed by atoms with Gasteiger partial charge in [-0.15, -0.1) is 0 Å². The lowest BCUT2D eigenvalue weighted by molar-refractivity contribution is -0.126. The summed E-state index contributed by atoms with van der Waals surface area (Å²) in [5.41, 5.74) is 0. The van der Waals surface area contributed by atoms with Crippen LogP contribution in [0, 0.1) is 0 Å². The van der Waals surface area contributed by atoms with E-state index in [1.807, 2.05) is 0 Å². The van der Waals surface area contributed by atoms with Gasteiger partial charge in [-0.25, -0.2) is 0 Å². The van der Waals surface area contributed by atoms with Gasteiger partial charge in [-0.3, -0.25) is 4.79 Å². The van der Waals surface area contributed by atoms with Gasteiger partial charge in [-0.2, -0.15) is 0 Å². The molecule has 0 bridgehead atoms. The van der Waals surface area contributed by atoms with Crippen molar-refractivity contribution in [3.8, 4) is 0 Å². The predicted molar refractivity (Wildman–Crippen MR) is 40.5 cm³/mol. The SMILES string of the molecule is CN1C=C(Cl)C=CCC1=O. The van der Waals surface area contributed by atoms with Crippen LogP contribution in [0.3, 0.4) is 0 Å². The smallest absolute Gasteiger partial charge is 0.230 e. The average molecular weight is 158 g/mol. The number of carbonyl (C=O) groups excluding carboxylic acids is 1. The molecule has 0 atom stereocenters. The standard InChI is InChI=1S/C7H8ClNO/c1-9-5-6(8)3-2-4-7(9)10/h2-3,5H,4H2,1H3. The van der Waals surface area contributed by atoms with Crippen LogP contribution in [-0.4, -0.2) is 17.9 Å². The van der Waals surface area contributed by atoms with Crippen molar-refractivity contribution in [2.45, 2.75) is 6.42 Å². The lowest BCUT2D eigenvalue weighted by atomic mass is 10.4. The number of halogens is 1. The molecule has 0 aliphatic carbocycles. The van der Waals surface area contributed by atoms with Crippen LogP contribution in [0.15, 0.2) is 23.4 Å². The van der Waals surface area contributed by atoms with Crippen LogP contribution in [-0.2, 0) is 4.79 Å². The quantitative estimate of drug-likeness (QED) is 0.522.